The predicted molar refractivity (Wildman–Crippen MR) is 130 cm³/mol. The first-order valence-corrected chi connectivity index (χ1v) is 12.6. The van der Waals surface area contributed by atoms with Gasteiger partial charge in [-0.15, -0.1) is 0 Å². The average Bonchev–Trinajstić information content (AvgIpc) is 3.35. The molecule has 3 aliphatic rings. The Morgan fingerprint density at radius 3 is 2.16 bits per heavy atom. The number of rotatable bonds is 5. The summed E-state index contributed by atoms with van der Waals surface area (Å²) in [4.78, 5) is 41.7. The predicted octanol–water partition coefficient (Wildman–Crippen LogP) is 3.37. The third-order valence-corrected chi connectivity index (χ3v) is 7.64. The standard InChI is InChI=1S/C24H35N3O3.C2HF3O2/c1-5-27-23(29)20-15-25(14-17(2)3)16-21(20)24(27)10-12-26(13-11-24)22(28)18-6-8-19(30-4)9-7-18;3-2(4,5)1(6)7/h6-9,17,20-21H,5,10-16H2,1-4H3;(H,6,7)/t20-,21+;/m0./s1. The highest BCUT2D eigenvalue weighted by Crippen LogP contribution is 2.49. The van der Waals surface area contributed by atoms with Gasteiger partial charge in [0.15, 0.2) is 0 Å². The molecule has 37 heavy (non-hydrogen) atoms. The number of carboxylic acids is 1. The van der Waals surface area contributed by atoms with Crippen molar-refractivity contribution in [3.63, 3.8) is 0 Å². The number of benzene rings is 1. The Kier molecular flexibility index (Phi) is 8.77. The second-order valence-electron chi connectivity index (χ2n) is 10.3. The zero-order chi connectivity index (χ0) is 27.5. The van der Waals surface area contributed by atoms with Gasteiger partial charge in [0.2, 0.25) is 5.91 Å². The SMILES string of the molecule is CCN1C(=O)[C@H]2CN(CC(C)C)C[C@H]2C12CCN(C(=O)c1ccc(OC)cc1)CC2.O=C(O)C(F)(F)F. The molecule has 4 rings (SSSR count). The highest BCUT2D eigenvalue weighted by Gasteiger charge is 2.61. The molecule has 2 amide bonds. The van der Waals surface area contributed by atoms with Crippen LogP contribution in [0.4, 0.5) is 13.2 Å². The van der Waals surface area contributed by atoms with Crippen molar-refractivity contribution in [2.75, 3.05) is 46.4 Å². The van der Waals surface area contributed by atoms with Crippen LogP contribution in [0, 0.1) is 17.8 Å². The summed E-state index contributed by atoms with van der Waals surface area (Å²) in [6, 6.07) is 7.33. The van der Waals surface area contributed by atoms with Crippen molar-refractivity contribution in [2.45, 2.75) is 45.3 Å². The van der Waals surface area contributed by atoms with Crippen LogP contribution in [0.1, 0.15) is 44.0 Å². The van der Waals surface area contributed by atoms with E-state index in [2.05, 4.69) is 30.6 Å². The Bertz CT molecular complexity index is 975. The summed E-state index contributed by atoms with van der Waals surface area (Å²) in [5, 5.41) is 7.12. The maximum atomic E-state index is 13.2. The van der Waals surface area contributed by atoms with E-state index in [0.717, 1.165) is 44.8 Å². The van der Waals surface area contributed by atoms with Gasteiger partial charge in [-0.1, -0.05) is 13.8 Å². The van der Waals surface area contributed by atoms with Crippen LogP contribution in [0.15, 0.2) is 24.3 Å². The number of nitrogens with zero attached hydrogens (tertiary/aromatic N) is 3. The molecule has 3 heterocycles. The van der Waals surface area contributed by atoms with E-state index in [1.165, 1.54) is 0 Å². The molecule has 1 aromatic carbocycles. The number of halogens is 3. The molecule has 11 heteroatoms. The Balaban J connectivity index is 0.000000479. The fraction of sp³-hybridized carbons (Fsp3) is 0.654. The number of carboxylic acid groups (broad SMARTS) is 1. The van der Waals surface area contributed by atoms with Crippen molar-refractivity contribution in [2.24, 2.45) is 17.8 Å². The highest BCUT2D eigenvalue weighted by atomic mass is 19.4. The minimum absolute atomic E-state index is 0.0734. The van der Waals surface area contributed by atoms with E-state index >= 15 is 0 Å². The zero-order valence-corrected chi connectivity index (χ0v) is 21.8. The minimum Gasteiger partial charge on any atom is -0.497 e. The highest BCUT2D eigenvalue weighted by molar-refractivity contribution is 5.94. The number of methoxy groups -OCH3 is 1. The summed E-state index contributed by atoms with van der Waals surface area (Å²) >= 11 is 0. The Morgan fingerprint density at radius 2 is 1.70 bits per heavy atom. The largest absolute Gasteiger partial charge is 0.497 e. The Labute approximate surface area is 215 Å². The van der Waals surface area contributed by atoms with Crippen molar-refractivity contribution in [3.8, 4) is 5.75 Å². The quantitative estimate of drug-likeness (QED) is 0.632. The lowest BCUT2D eigenvalue weighted by Gasteiger charge is -2.48. The molecule has 1 N–H and O–H groups in total. The van der Waals surface area contributed by atoms with Gasteiger partial charge in [-0.2, -0.15) is 13.2 Å². The molecule has 206 valence electrons. The van der Waals surface area contributed by atoms with E-state index < -0.39 is 12.1 Å². The zero-order valence-electron chi connectivity index (χ0n) is 21.8. The van der Waals surface area contributed by atoms with Gasteiger partial charge >= 0.3 is 12.1 Å². The van der Waals surface area contributed by atoms with Crippen molar-refractivity contribution in [3.05, 3.63) is 29.8 Å². The molecule has 3 fully saturated rings. The van der Waals surface area contributed by atoms with Crippen LogP contribution in [0.3, 0.4) is 0 Å². The van der Waals surface area contributed by atoms with Crippen LogP contribution in [0.5, 0.6) is 5.75 Å². The normalized spacial score (nSPS) is 23.2. The molecule has 3 aliphatic heterocycles. The lowest BCUT2D eigenvalue weighted by atomic mass is 9.74. The molecule has 2 atom stereocenters. The smallest absolute Gasteiger partial charge is 0.490 e. The first kappa shape index (κ1) is 28.7. The van der Waals surface area contributed by atoms with Crippen molar-refractivity contribution in [1.82, 2.24) is 14.7 Å². The van der Waals surface area contributed by atoms with Crippen molar-refractivity contribution < 1.29 is 37.4 Å². The number of carbonyl (C=O) groups is 3. The monoisotopic (exact) mass is 527 g/mol. The van der Waals surface area contributed by atoms with E-state index in [0.29, 0.717) is 36.4 Å². The summed E-state index contributed by atoms with van der Waals surface area (Å²) in [7, 11) is 1.63. The van der Waals surface area contributed by atoms with Crippen molar-refractivity contribution in [1.29, 1.82) is 0 Å². The Morgan fingerprint density at radius 1 is 1.14 bits per heavy atom. The van der Waals surface area contributed by atoms with E-state index in [-0.39, 0.29) is 17.4 Å². The van der Waals surface area contributed by atoms with Gasteiger partial charge in [-0.25, -0.2) is 4.79 Å². The fourth-order valence-electron chi connectivity index (χ4n) is 6.09. The number of piperidine rings is 1. The van der Waals surface area contributed by atoms with E-state index in [9.17, 15) is 22.8 Å². The number of ether oxygens (including phenoxy) is 1. The second-order valence-corrected chi connectivity index (χ2v) is 10.3. The maximum Gasteiger partial charge on any atom is 0.490 e. The van der Waals surface area contributed by atoms with E-state index in [1.54, 1.807) is 7.11 Å². The third kappa shape index (κ3) is 6.02. The second kappa shape index (κ2) is 11.3. The molecule has 0 aliphatic carbocycles. The van der Waals surface area contributed by atoms with Crippen LogP contribution in [0.25, 0.3) is 0 Å². The molecule has 3 saturated heterocycles. The van der Waals surface area contributed by atoms with E-state index in [4.69, 9.17) is 14.6 Å². The number of likely N-dealkylation sites (tertiary alicyclic amines) is 3. The molecule has 0 saturated carbocycles. The van der Waals surface area contributed by atoms with Crippen LogP contribution < -0.4 is 4.74 Å². The first-order valence-electron chi connectivity index (χ1n) is 12.6. The summed E-state index contributed by atoms with van der Waals surface area (Å²) in [5.74, 6) is -0.457. The molecule has 8 nitrogen and oxygen atoms in total. The molecule has 0 radical (unpaired) electrons. The number of hydrogen-bond donors (Lipinski definition) is 1. The summed E-state index contributed by atoms with van der Waals surface area (Å²) in [6.07, 6.45) is -3.32. The van der Waals surface area contributed by atoms with E-state index in [1.807, 2.05) is 29.2 Å². The van der Waals surface area contributed by atoms with Crippen LogP contribution in [0.2, 0.25) is 0 Å². The maximum absolute atomic E-state index is 13.2. The molecule has 1 spiro atoms. The molecule has 0 unspecified atom stereocenters. The number of fused-ring (bicyclic) bond motifs is 2. The van der Waals surface area contributed by atoms with Gasteiger partial charge in [-0.3, -0.25) is 9.59 Å². The molecular weight excluding hydrogens is 491 g/mol. The number of alkyl halides is 3. The number of aliphatic carboxylic acids is 1. The number of hydrogen-bond acceptors (Lipinski definition) is 5. The van der Waals surface area contributed by atoms with Crippen molar-refractivity contribution >= 4 is 17.8 Å². The van der Waals surface area contributed by atoms with Gasteiger partial charge in [0.1, 0.15) is 5.75 Å². The minimum atomic E-state index is -5.08. The molecule has 0 bridgehead atoms. The summed E-state index contributed by atoms with van der Waals surface area (Å²) in [5.41, 5.74) is 0.613. The van der Waals surface area contributed by atoms with Crippen LogP contribution in [-0.4, -0.2) is 95.7 Å². The third-order valence-electron chi connectivity index (χ3n) is 7.64. The fourth-order valence-corrected chi connectivity index (χ4v) is 6.09. The van der Waals surface area contributed by atoms with Gasteiger partial charge in [0, 0.05) is 50.7 Å². The first-order chi connectivity index (χ1) is 17.3. The average molecular weight is 528 g/mol. The van der Waals surface area contributed by atoms with Crippen LogP contribution in [-0.2, 0) is 9.59 Å². The summed E-state index contributed by atoms with van der Waals surface area (Å²) in [6.45, 7) is 11.7. The van der Waals surface area contributed by atoms with Crippen LogP contribution >= 0.6 is 0 Å². The van der Waals surface area contributed by atoms with Gasteiger partial charge < -0.3 is 24.5 Å². The number of carbonyl (C=O) groups excluding carboxylic acids is 2. The lowest BCUT2D eigenvalue weighted by Crippen LogP contribution is -2.57. The summed E-state index contributed by atoms with van der Waals surface area (Å²) < 4.78 is 36.9. The molecule has 0 aromatic heterocycles. The topological polar surface area (TPSA) is 90.4 Å². The van der Waals surface area contributed by atoms with Gasteiger partial charge in [-0.05, 0) is 49.9 Å². The lowest BCUT2D eigenvalue weighted by molar-refractivity contribution is -0.192. The van der Waals surface area contributed by atoms with Gasteiger partial charge in [0.05, 0.1) is 18.6 Å². The Hall–Kier alpha value is -2.82. The number of amides is 2. The molecule has 1 aromatic rings. The molecular formula is C26H36F3N3O5. The van der Waals surface area contributed by atoms with Gasteiger partial charge in [0.25, 0.3) is 5.91 Å².